The number of carboxylic acids is 1. The quantitative estimate of drug-likeness (QED) is 0.727. The fourth-order valence-electron chi connectivity index (χ4n) is 2.01. The smallest absolute Gasteiger partial charge is 0.339 e. The number of hydrogen-bond donors (Lipinski definition) is 3. The number of thioether (sulfide) groups is 1. The van der Waals surface area contributed by atoms with Crippen LogP contribution in [0.3, 0.4) is 0 Å². The van der Waals surface area contributed by atoms with E-state index in [1.807, 2.05) is 6.92 Å². The number of nitrogens with zero attached hydrogens (tertiary/aromatic N) is 1. The topological polar surface area (TPSA) is 89.9 Å². The van der Waals surface area contributed by atoms with Crippen molar-refractivity contribution in [3.05, 3.63) is 23.8 Å². The maximum absolute atomic E-state index is 12.1. The zero-order valence-corrected chi connectivity index (χ0v) is 11.8. The highest BCUT2D eigenvalue weighted by Gasteiger charge is 2.23. The van der Waals surface area contributed by atoms with Crippen LogP contribution in [0.4, 0.5) is 10.5 Å². The Morgan fingerprint density at radius 2 is 2.20 bits per heavy atom. The van der Waals surface area contributed by atoms with Crippen molar-refractivity contribution in [2.75, 3.05) is 23.4 Å². The Kier molecular flexibility index (Phi) is 4.39. The van der Waals surface area contributed by atoms with Crippen LogP contribution in [-0.2, 0) is 0 Å². The van der Waals surface area contributed by atoms with Crippen molar-refractivity contribution in [3.8, 4) is 5.75 Å². The summed E-state index contributed by atoms with van der Waals surface area (Å²) in [4.78, 5) is 24.8. The maximum Gasteiger partial charge on any atom is 0.339 e. The fourth-order valence-corrected chi connectivity index (χ4v) is 3.02. The van der Waals surface area contributed by atoms with Crippen LogP contribution in [0.15, 0.2) is 18.2 Å². The van der Waals surface area contributed by atoms with Crippen molar-refractivity contribution in [2.45, 2.75) is 13.0 Å². The van der Waals surface area contributed by atoms with E-state index >= 15 is 0 Å². The van der Waals surface area contributed by atoms with Gasteiger partial charge < -0.3 is 20.4 Å². The van der Waals surface area contributed by atoms with Crippen molar-refractivity contribution in [2.24, 2.45) is 0 Å². The van der Waals surface area contributed by atoms with Gasteiger partial charge >= 0.3 is 12.0 Å². The Morgan fingerprint density at radius 1 is 1.45 bits per heavy atom. The first-order chi connectivity index (χ1) is 9.49. The molecule has 1 aromatic rings. The number of urea groups is 1. The molecular formula is C13H16N2O4S. The zero-order valence-electron chi connectivity index (χ0n) is 11.0. The molecule has 2 amide bonds. The van der Waals surface area contributed by atoms with Gasteiger partial charge in [0.25, 0.3) is 0 Å². The van der Waals surface area contributed by atoms with Gasteiger partial charge in [-0.25, -0.2) is 9.59 Å². The number of aromatic hydroxyl groups is 1. The first kappa shape index (κ1) is 14.5. The Balaban J connectivity index is 2.11. The van der Waals surface area contributed by atoms with Crippen LogP contribution < -0.4 is 5.32 Å². The van der Waals surface area contributed by atoms with Crippen molar-refractivity contribution in [1.82, 2.24) is 4.90 Å². The van der Waals surface area contributed by atoms with Gasteiger partial charge in [0, 0.05) is 29.8 Å². The minimum atomic E-state index is -1.23. The Hall–Kier alpha value is -1.89. The highest BCUT2D eigenvalue weighted by molar-refractivity contribution is 7.99. The predicted molar refractivity (Wildman–Crippen MR) is 77.6 cm³/mol. The standard InChI is InChI=1S/C13H16N2O4S/c1-8-7-20-5-4-15(8)13(19)14-9-2-3-11(16)10(6-9)12(17)18/h2-3,6,8,16H,4-5,7H2,1H3,(H,14,19)(H,17,18). The van der Waals surface area contributed by atoms with E-state index in [1.54, 1.807) is 16.7 Å². The van der Waals surface area contributed by atoms with E-state index in [2.05, 4.69) is 5.32 Å². The van der Waals surface area contributed by atoms with Crippen molar-refractivity contribution in [3.63, 3.8) is 0 Å². The SMILES string of the molecule is CC1CSCCN1C(=O)Nc1ccc(O)c(C(=O)O)c1. The number of carbonyl (C=O) groups is 2. The summed E-state index contributed by atoms with van der Waals surface area (Å²) in [6.07, 6.45) is 0. The van der Waals surface area contributed by atoms with Crippen LogP contribution in [-0.4, -0.2) is 51.2 Å². The molecule has 0 aliphatic carbocycles. The highest BCUT2D eigenvalue weighted by Crippen LogP contribution is 2.22. The number of aromatic carboxylic acids is 1. The molecule has 1 atom stereocenters. The average Bonchev–Trinajstić information content (AvgIpc) is 2.41. The molecule has 20 heavy (non-hydrogen) atoms. The Bertz CT molecular complexity index is 535. The molecule has 7 heteroatoms. The van der Waals surface area contributed by atoms with E-state index in [0.717, 1.165) is 11.5 Å². The third kappa shape index (κ3) is 3.16. The van der Waals surface area contributed by atoms with Gasteiger partial charge in [0.15, 0.2) is 0 Å². The lowest BCUT2D eigenvalue weighted by Crippen LogP contribution is -2.46. The normalized spacial score (nSPS) is 18.6. The molecule has 0 saturated carbocycles. The van der Waals surface area contributed by atoms with Gasteiger partial charge in [-0.15, -0.1) is 0 Å². The number of carboxylic acid groups (broad SMARTS) is 1. The summed E-state index contributed by atoms with van der Waals surface area (Å²) in [6.45, 7) is 2.65. The van der Waals surface area contributed by atoms with Crippen molar-refractivity contribution in [1.29, 1.82) is 0 Å². The number of anilines is 1. The maximum atomic E-state index is 12.1. The molecule has 1 aliphatic rings. The number of amides is 2. The van der Waals surface area contributed by atoms with Gasteiger partial charge in [0.05, 0.1) is 0 Å². The molecule has 0 spiro atoms. The third-order valence-corrected chi connectivity index (χ3v) is 4.30. The third-order valence-electron chi connectivity index (χ3n) is 3.11. The Morgan fingerprint density at radius 3 is 2.85 bits per heavy atom. The molecular weight excluding hydrogens is 280 g/mol. The van der Waals surface area contributed by atoms with Gasteiger partial charge in [0.1, 0.15) is 11.3 Å². The molecule has 1 aliphatic heterocycles. The first-order valence-corrected chi connectivity index (χ1v) is 7.36. The molecule has 1 aromatic carbocycles. The fraction of sp³-hybridized carbons (Fsp3) is 0.385. The van der Waals surface area contributed by atoms with Crippen LogP contribution in [0.1, 0.15) is 17.3 Å². The molecule has 1 fully saturated rings. The molecule has 0 radical (unpaired) electrons. The number of carbonyl (C=O) groups excluding carboxylic acids is 1. The van der Waals surface area contributed by atoms with E-state index in [-0.39, 0.29) is 23.4 Å². The minimum absolute atomic E-state index is 0.143. The second-order valence-corrected chi connectivity index (χ2v) is 5.73. The molecule has 1 heterocycles. The minimum Gasteiger partial charge on any atom is -0.507 e. The van der Waals surface area contributed by atoms with Crippen LogP contribution >= 0.6 is 11.8 Å². The molecule has 1 saturated heterocycles. The summed E-state index contributed by atoms with van der Waals surface area (Å²) < 4.78 is 0. The van der Waals surface area contributed by atoms with Crippen LogP contribution in [0, 0.1) is 0 Å². The lowest BCUT2D eigenvalue weighted by atomic mass is 10.2. The molecule has 1 unspecified atom stereocenters. The van der Waals surface area contributed by atoms with E-state index < -0.39 is 5.97 Å². The largest absolute Gasteiger partial charge is 0.507 e. The number of rotatable bonds is 2. The molecule has 0 bridgehead atoms. The monoisotopic (exact) mass is 296 g/mol. The molecule has 2 rings (SSSR count). The number of nitrogens with one attached hydrogen (secondary N) is 1. The second kappa shape index (κ2) is 6.04. The van der Waals surface area contributed by atoms with Crippen LogP contribution in [0.2, 0.25) is 0 Å². The van der Waals surface area contributed by atoms with Crippen molar-refractivity contribution >= 4 is 29.4 Å². The molecule has 108 valence electrons. The van der Waals surface area contributed by atoms with Gasteiger partial charge in [-0.05, 0) is 25.1 Å². The van der Waals surface area contributed by atoms with E-state index in [9.17, 15) is 14.7 Å². The van der Waals surface area contributed by atoms with Gasteiger partial charge in [-0.2, -0.15) is 11.8 Å². The molecule has 0 aromatic heterocycles. The summed E-state index contributed by atoms with van der Waals surface area (Å²) in [5.74, 6) is 0.233. The lowest BCUT2D eigenvalue weighted by molar-refractivity contribution is 0.0693. The van der Waals surface area contributed by atoms with Crippen molar-refractivity contribution < 1.29 is 19.8 Å². The molecule has 3 N–H and O–H groups in total. The predicted octanol–water partition coefficient (Wildman–Crippen LogP) is 2.06. The number of phenols is 1. The van der Waals surface area contributed by atoms with Gasteiger partial charge in [-0.3, -0.25) is 0 Å². The lowest BCUT2D eigenvalue weighted by Gasteiger charge is -2.33. The van der Waals surface area contributed by atoms with Crippen LogP contribution in [0.5, 0.6) is 5.75 Å². The van der Waals surface area contributed by atoms with Crippen LogP contribution in [0.25, 0.3) is 0 Å². The average molecular weight is 296 g/mol. The number of hydrogen-bond acceptors (Lipinski definition) is 4. The van der Waals surface area contributed by atoms with E-state index in [4.69, 9.17) is 5.11 Å². The number of benzene rings is 1. The summed E-state index contributed by atoms with van der Waals surface area (Å²) >= 11 is 1.81. The second-order valence-electron chi connectivity index (χ2n) is 4.58. The molecule has 6 nitrogen and oxygen atoms in total. The summed E-state index contributed by atoms with van der Waals surface area (Å²) in [7, 11) is 0. The van der Waals surface area contributed by atoms with Gasteiger partial charge in [-0.1, -0.05) is 0 Å². The van der Waals surface area contributed by atoms with E-state index in [1.165, 1.54) is 18.2 Å². The van der Waals surface area contributed by atoms with Gasteiger partial charge in [0.2, 0.25) is 0 Å². The summed E-state index contributed by atoms with van der Waals surface area (Å²) in [5.41, 5.74) is 0.126. The highest BCUT2D eigenvalue weighted by atomic mass is 32.2. The van der Waals surface area contributed by atoms with E-state index in [0.29, 0.717) is 12.2 Å². The summed E-state index contributed by atoms with van der Waals surface area (Å²) in [6, 6.07) is 3.88. The summed E-state index contributed by atoms with van der Waals surface area (Å²) in [5, 5.41) is 21.0. The Labute approximate surface area is 120 Å². The first-order valence-electron chi connectivity index (χ1n) is 6.20. The zero-order chi connectivity index (χ0) is 14.7.